The number of aliphatic imine (C=N–C) groups is 1. The molecular weight excluding hydrogens is 364 g/mol. The number of nitrogens with zero attached hydrogens (tertiary/aromatic N) is 3. The van der Waals surface area contributed by atoms with Crippen LogP contribution < -0.4 is 5.32 Å². The predicted octanol–water partition coefficient (Wildman–Crippen LogP) is 3.14. The van der Waals surface area contributed by atoms with E-state index >= 15 is 0 Å². The molecule has 0 radical (unpaired) electrons. The van der Waals surface area contributed by atoms with Crippen LogP contribution in [0.15, 0.2) is 29.3 Å². The van der Waals surface area contributed by atoms with Gasteiger partial charge in [-0.25, -0.2) is 0 Å². The van der Waals surface area contributed by atoms with Crippen LogP contribution in [0.1, 0.15) is 54.4 Å². The Hall–Kier alpha value is -2.08. The molecule has 1 amide bonds. The number of hydrogen-bond acceptors (Lipinski definition) is 3. The van der Waals surface area contributed by atoms with Crippen molar-refractivity contribution < 1.29 is 9.53 Å². The lowest BCUT2D eigenvalue weighted by atomic mass is 9.96. The molecule has 0 saturated carbocycles. The Kier molecular flexibility index (Phi) is 8.35. The lowest BCUT2D eigenvalue weighted by Crippen LogP contribution is -2.39. The zero-order chi connectivity index (χ0) is 20.5. The first-order chi connectivity index (χ1) is 14.2. The molecule has 1 N–H and O–H groups in total. The summed E-state index contributed by atoms with van der Waals surface area (Å²) in [5.41, 5.74) is 1.89. The summed E-state index contributed by atoms with van der Waals surface area (Å²) in [6.45, 7) is 5.20. The van der Waals surface area contributed by atoms with Crippen LogP contribution >= 0.6 is 0 Å². The molecule has 3 rings (SSSR count). The molecule has 0 spiro atoms. The van der Waals surface area contributed by atoms with Gasteiger partial charge in [-0.1, -0.05) is 12.1 Å². The lowest BCUT2D eigenvalue weighted by molar-refractivity contribution is 0.0625. The van der Waals surface area contributed by atoms with Gasteiger partial charge in [-0.15, -0.1) is 0 Å². The Morgan fingerprint density at radius 3 is 2.72 bits per heavy atom. The summed E-state index contributed by atoms with van der Waals surface area (Å²) in [4.78, 5) is 21.4. The number of amides is 1. The third-order valence-electron chi connectivity index (χ3n) is 6.05. The summed E-state index contributed by atoms with van der Waals surface area (Å²) in [7, 11) is 3.91. The van der Waals surface area contributed by atoms with Gasteiger partial charge in [0.15, 0.2) is 5.96 Å². The van der Waals surface area contributed by atoms with Crippen molar-refractivity contribution in [3.63, 3.8) is 0 Å². The molecule has 2 saturated heterocycles. The van der Waals surface area contributed by atoms with E-state index in [0.717, 1.165) is 81.5 Å². The fourth-order valence-electron chi connectivity index (χ4n) is 4.18. The second-order valence-corrected chi connectivity index (χ2v) is 8.22. The summed E-state index contributed by atoms with van der Waals surface area (Å²) in [6, 6.07) is 7.98. The maximum atomic E-state index is 12.8. The van der Waals surface area contributed by atoms with Crippen LogP contribution in [0.4, 0.5) is 0 Å². The molecule has 2 aliphatic heterocycles. The van der Waals surface area contributed by atoms with Crippen LogP contribution in [0.5, 0.6) is 0 Å². The SMILES string of the molecule is CN=C(NCc1cccc(C(=O)N2CCCCC2)c1)N(C)CCC1CCOCC1. The summed E-state index contributed by atoms with van der Waals surface area (Å²) >= 11 is 0. The second-order valence-electron chi connectivity index (χ2n) is 8.22. The Balaban J connectivity index is 1.50. The van der Waals surface area contributed by atoms with Gasteiger partial charge < -0.3 is 19.9 Å². The van der Waals surface area contributed by atoms with Gasteiger partial charge in [0.05, 0.1) is 0 Å². The van der Waals surface area contributed by atoms with E-state index in [9.17, 15) is 4.79 Å². The number of nitrogens with one attached hydrogen (secondary N) is 1. The number of piperidine rings is 1. The zero-order valence-electron chi connectivity index (χ0n) is 18.0. The molecule has 0 aliphatic carbocycles. The molecule has 0 bridgehead atoms. The average molecular weight is 401 g/mol. The number of rotatable bonds is 6. The van der Waals surface area contributed by atoms with E-state index in [1.807, 2.05) is 30.1 Å². The highest BCUT2D eigenvalue weighted by Crippen LogP contribution is 2.18. The second kappa shape index (κ2) is 11.2. The Morgan fingerprint density at radius 2 is 2.00 bits per heavy atom. The quantitative estimate of drug-likeness (QED) is 0.589. The summed E-state index contributed by atoms with van der Waals surface area (Å²) in [5.74, 6) is 1.80. The van der Waals surface area contributed by atoms with Gasteiger partial charge >= 0.3 is 0 Å². The van der Waals surface area contributed by atoms with Crippen LogP contribution in [-0.4, -0.2) is 68.6 Å². The van der Waals surface area contributed by atoms with Gasteiger partial charge in [-0.05, 0) is 62.1 Å². The molecule has 0 unspecified atom stereocenters. The van der Waals surface area contributed by atoms with Crippen molar-refractivity contribution in [3.8, 4) is 0 Å². The molecule has 1 aromatic rings. The predicted molar refractivity (Wildman–Crippen MR) is 117 cm³/mol. The minimum absolute atomic E-state index is 0.157. The highest BCUT2D eigenvalue weighted by atomic mass is 16.5. The van der Waals surface area contributed by atoms with E-state index in [2.05, 4.69) is 28.3 Å². The standard InChI is InChI=1S/C23H36N4O2/c1-24-23(26(2)14-9-19-10-15-29-16-11-19)25-18-20-7-6-8-21(17-20)22(28)27-12-4-3-5-13-27/h6-8,17,19H,3-5,9-16,18H2,1-2H3,(H,24,25). The number of likely N-dealkylation sites (tertiary alicyclic amines) is 1. The fraction of sp³-hybridized carbons (Fsp3) is 0.652. The maximum Gasteiger partial charge on any atom is 0.253 e. The number of carbonyl (C=O) groups excluding carboxylic acids is 1. The molecule has 6 nitrogen and oxygen atoms in total. The Morgan fingerprint density at radius 1 is 1.24 bits per heavy atom. The Bertz CT molecular complexity index is 679. The van der Waals surface area contributed by atoms with Crippen LogP contribution in [0.3, 0.4) is 0 Å². The van der Waals surface area contributed by atoms with Crippen molar-refractivity contribution in [2.75, 3.05) is 46.9 Å². The zero-order valence-corrected chi connectivity index (χ0v) is 18.0. The van der Waals surface area contributed by atoms with E-state index in [0.29, 0.717) is 6.54 Å². The minimum Gasteiger partial charge on any atom is -0.381 e. The van der Waals surface area contributed by atoms with Crippen LogP contribution in [0.2, 0.25) is 0 Å². The highest BCUT2D eigenvalue weighted by Gasteiger charge is 2.18. The number of guanidine groups is 1. The van der Waals surface area contributed by atoms with Crippen molar-refractivity contribution in [2.24, 2.45) is 10.9 Å². The van der Waals surface area contributed by atoms with Crippen molar-refractivity contribution in [1.29, 1.82) is 0 Å². The Labute approximate surface area is 175 Å². The molecule has 2 fully saturated rings. The van der Waals surface area contributed by atoms with E-state index < -0.39 is 0 Å². The molecule has 2 heterocycles. The molecule has 0 atom stereocenters. The summed E-state index contributed by atoms with van der Waals surface area (Å²) in [6.07, 6.45) is 6.96. The number of benzene rings is 1. The molecule has 160 valence electrons. The van der Waals surface area contributed by atoms with E-state index in [-0.39, 0.29) is 5.91 Å². The molecule has 29 heavy (non-hydrogen) atoms. The average Bonchev–Trinajstić information content (AvgIpc) is 2.79. The van der Waals surface area contributed by atoms with Gasteiger partial charge in [0.2, 0.25) is 0 Å². The number of ether oxygens (including phenoxy) is 1. The summed E-state index contributed by atoms with van der Waals surface area (Å²) in [5, 5.41) is 3.45. The van der Waals surface area contributed by atoms with Gasteiger partial charge in [-0.2, -0.15) is 0 Å². The van der Waals surface area contributed by atoms with E-state index in [4.69, 9.17) is 4.74 Å². The van der Waals surface area contributed by atoms with Gasteiger partial charge in [0.1, 0.15) is 0 Å². The topological polar surface area (TPSA) is 57.2 Å². The highest BCUT2D eigenvalue weighted by molar-refractivity contribution is 5.94. The number of carbonyl (C=O) groups is 1. The van der Waals surface area contributed by atoms with Crippen LogP contribution in [0.25, 0.3) is 0 Å². The molecule has 2 aliphatic rings. The van der Waals surface area contributed by atoms with Crippen molar-refractivity contribution in [2.45, 2.75) is 45.1 Å². The van der Waals surface area contributed by atoms with Crippen molar-refractivity contribution in [1.82, 2.24) is 15.1 Å². The monoisotopic (exact) mass is 400 g/mol. The third-order valence-corrected chi connectivity index (χ3v) is 6.05. The third kappa shape index (κ3) is 6.46. The van der Waals surface area contributed by atoms with Gasteiger partial charge in [-0.3, -0.25) is 9.79 Å². The van der Waals surface area contributed by atoms with Crippen molar-refractivity contribution in [3.05, 3.63) is 35.4 Å². The molecule has 1 aromatic carbocycles. The lowest BCUT2D eigenvalue weighted by Gasteiger charge is -2.27. The first kappa shape index (κ1) is 21.6. The molecular formula is C23H36N4O2. The maximum absolute atomic E-state index is 12.8. The first-order valence-corrected chi connectivity index (χ1v) is 11.0. The fourth-order valence-corrected chi connectivity index (χ4v) is 4.18. The first-order valence-electron chi connectivity index (χ1n) is 11.0. The van der Waals surface area contributed by atoms with Crippen molar-refractivity contribution >= 4 is 11.9 Å². The normalized spacial score (nSPS) is 18.6. The number of hydrogen-bond donors (Lipinski definition) is 1. The minimum atomic E-state index is 0.157. The van der Waals surface area contributed by atoms with Crippen LogP contribution in [-0.2, 0) is 11.3 Å². The van der Waals surface area contributed by atoms with Gasteiger partial charge in [0, 0.05) is 59.1 Å². The summed E-state index contributed by atoms with van der Waals surface area (Å²) < 4.78 is 5.45. The van der Waals surface area contributed by atoms with Crippen LogP contribution in [0, 0.1) is 5.92 Å². The van der Waals surface area contributed by atoms with E-state index in [1.54, 1.807) is 0 Å². The molecule has 0 aromatic heterocycles. The molecule has 6 heteroatoms. The van der Waals surface area contributed by atoms with Gasteiger partial charge in [0.25, 0.3) is 5.91 Å². The largest absolute Gasteiger partial charge is 0.381 e. The smallest absolute Gasteiger partial charge is 0.253 e. The van der Waals surface area contributed by atoms with E-state index in [1.165, 1.54) is 12.8 Å².